The second-order valence-electron chi connectivity index (χ2n) is 7.05. The highest BCUT2D eigenvalue weighted by Gasteiger charge is 2.18. The van der Waals surface area contributed by atoms with E-state index in [-0.39, 0.29) is 17.8 Å². The lowest BCUT2D eigenvalue weighted by molar-refractivity contribution is -0.110. The predicted molar refractivity (Wildman–Crippen MR) is 130 cm³/mol. The first kappa shape index (κ1) is 23.1. The van der Waals surface area contributed by atoms with Crippen molar-refractivity contribution < 1.29 is 9.59 Å². The lowest BCUT2D eigenvalue weighted by Gasteiger charge is -2.10. The number of aromatic nitrogens is 3. The molecule has 3 N–H and O–H groups in total. The molecule has 0 unspecified atom stereocenters. The number of hydrogen-bond acceptors (Lipinski definition) is 6. The lowest BCUT2D eigenvalue weighted by atomic mass is 10.2. The number of aromatic amines is 1. The monoisotopic (exact) mass is 494 g/mol. The highest BCUT2D eigenvalue weighted by Crippen LogP contribution is 2.22. The number of para-hydroxylation sites is 2. The van der Waals surface area contributed by atoms with Crippen LogP contribution in [0, 0.1) is 0 Å². The molecule has 0 aliphatic heterocycles. The number of halogens is 2. The van der Waals surface area contributed by atoms with Gasteiger partial charge in [-0.2, -0.15) is 5.10 Å². The van der Waals surface area contributed by atoms with Gasteiger partial charge >= 0.3 is 0 Å². The van der Waals surface area contributed by atoms with Gasteiger partial charge in [-0.3, -0.25) is 19.4 Å². The van der Waals surface area contributed by atoms with Gasteiger partial charge in [0.2, 0.25) is 0 Å². The number of H-pyrrole nitrogens is 1. The SMILES string of the molecule is O=C(Nc1cc(Cl)cc(Cl)c1)/C(Cc1nc2ccccc2[nH]c1=O)=N/NC(=O)c1ccncc1. The van der Waals surface area contributed by atoms with Crippen LogP contribution < -0.4 is 16.3 Å². The molecule has 2 aromatic heterocycles. The van der Waals surface area contributed by atoms with Crippen molar-refractivity contribution in [3.63, 3.8) is 0 Å². The number of pyridine rings is 1. The van der Waals surface area contributed by atoms with Gasteiger partial charge in [0.05, 0.1) is 11.0 Å². The molecule has 2 heterocycles. The molecule has 0 aliphatic rings. The lowest BCUT2D eigenvalue weighted by Crippen LogP contribution is -2.31. The normalized spacial score (nSPS) is 11.3. The molecule has 0 saturated heterocycles. The predicted octanol–water partition coefficient (Wildman–Crippen LogP) is 3.59. The van der Waals surface area contributed by atoms with Crippen molar-refractivity contribution in [1.82, 2.24) is 20.4 Å². The minimum atomic E-state index is -0.678. The number of rotatable bonds is 6. The molecule has 2 amide bonds. The van der Waals surface area contributed by atoms with E-state index in [0.29, 0.717) is 32.3 Å². The average molecular weight is 495 g/mol. The molecule has 9 nitrogen and oxygen atoms in total. The van der Waals surface area contributed by atoms with Crippen LogP contribution in [0.2, 0.25) is 10.0 Å². The molecule has 11 heteroatoms. The fourth-order valence-corrected chi connectivity index (χ4v) is 3.56. The second kappa shape index (κ2) is 10.2. The van der Waals surface area contributed by atoms with Crippen LogP contribution >= 0.6 is 23.2 Å². The van der Waals surface area contributed by atoms with E-state index in [9.17, 15) is 14.4 Å². The van der Waals surface area contributed by atoms with E-state index in [4.69, 9.17) is 23.2 Å². The molecule has 2 aromatic carbocycles. The van der Waals surface area contributed by atoms with E-state index in [1.54, 1.807) is 24.3 Å². The minimum absolute atomic E-state index is 0.0508. The third-order valence-electron chi connectivity index (χ3n) is 4.62. The fraction of sp³-hybridized carbons (Fsp3) is 0.0435. The summed E-state index contributed by atoms with van der Waals surface area (Å²) in [5, 5.41) is 7.25. The first-order valence-electron chi connectivity index (χ1n) is 9.91. The maximum absolute atomic E-state index is 13.0. The third-order valence-corrected chi connectivity index (χ3v) is 5.06. The van der Waals surface area contributed by atoms with Crippen molar-refractivity contribution in [1.29, 1.82) is 0 Å². The van der Waals surface area contributed by atoms with E-state index < -0.39 is 17.4 Å². The molecule has 4 rings (SSSR count). The second-order valence-corrected chi connectivity index (χ2v) is 7.93. The van der Waals surface area contributed by atoms with Crippen LogP contribution in [0.15, 0.2) is 76.9 Å². The van der Waals surface area contributed by atoms with Crippen LogP contribution in [0.4, 0.5) is 5.69 Å². The van der Waals surface area contributed by atoms with Crippen molar-refractivity contribution in [3.8, 4) is 0 Å². The highest BCUT2D eigenvalue weighted by molar-refractivity contribution is 6.44. The summed E-state index contributed by atoms with van der Waals surface area (Å²) in [7, 11) is 0. The van der Waals surface area contributed by atoms with E-state index in [0.717, 1.165) is 0 Å². The van der Waals surface area contributed by atoms with E-state index >= 15 is 0 Å². The Morgan fingerprint density at radius 3 is 2.44 bits per heavy atom. The minimum Gasteiger partial charge on any atom is -0.321 e. The van der Waals surface area contributed by atoms with Crippen molar-refractivity contribution in [2.45, 2.75) is 6.42 Å². The van der Waals surface area contributed by atoms with Gasteiger partial charge in [0.25, 0.3) is 17.4 Å². The number of nitrogens with zero attached hydrogens (tertiary/aromatic N) is 3. The topological polar surface area (TPSA) is 129 Å². The first-order valence-corrected chi connectivity index (χ1v) is 10.7. The number of nitrogens with one attached hydrogen (secondary N) is 3. The summed E-state index contributed by atoms with van der Waals surface area (Å²) in [6.45, 7) is 0. The standard InChI is InChI=1S/C23H16Cl2N6O3/c24-14-9-15(25)11-16(10-14)27-23(34)20(30-31-21(32)13-5-7-26-8-6-13)12-19-22(33)29-18-4-2-1-3-17(18)28-19/h1-11H,12H2,(H,27,34)(H,29,33)(H,31,32)/b30-20+. The Morgan fingerprint density at radius 1 is 1.00 bits per heavy atom. The Morgan fingerprint density at radius 2 is 1.71 bits per heavy atom. The van der Waals surface area contributed by atoms with E-state index in [2.05, 4.69) is 30.8 Å². The number of amides is 2. The largest absolute Gasteiger partial charge is 0.321 e. The molecule has 0 fully saturated rings. The van der Waals surface area contributed by atoms with Gasteiger partial charge in [-0.1, -0.05) is 35.3 Å². The summed E-state index contributed by atoms with van der Waals surface area (Å²) in [5.74, 6) is -1.23. The summed E-state index contributed by atoms with van der Waals surface area (Å²) < 4.78 is 0. The summed E-state index contributed by atoms with van der Waals surface area (Å²) in [4.78, 5) is 48.9. The molecular weight excluding hydrogens is 479 g/mol. The quantitative estimate of drug-likeness (QED) is 0.278. The smallest absolute Gasteiger partial charge is 0.272 e. The van der Waals surface area contributed by atoms with Crippen LogP contribution in [-0.4, -0.2) is 32.5 Å². The maximum atomic E-state index is 13.0. The van der Waals surface area contributed by atoms with Gasteiger partial charge in [-0.25, -0.2) is 10.4 Å². The molecule has 170 valence electrons. The number of hydrazone groups is 1. The number of hydrogen-bond donors (Lipinski definition) is 3. The fourth-order valence-electron chi connectivity index (χ4n) is 3.03. The zero-order valence-corrected chi connectivity index (χ0v) is 18.9. The number of carbonyl (C=O) groups excluding carboxylic acids is 2. The van der Waals surface area contributed by atoms with Gasteiger partial charge in [-0.05, 0) is 42.5 Å². The number of benzene rings is 2. The maximum Gasteiger partial charge on any atom is 0.272 e. The van der Waals surface area contributed by atoms with Crippen LogP contribution in [0.1, 0.15) is 16.1 Å². The van der Waals surface area contributed by atoms with Gasteiger partial charge in [-0.15, -0.1) is 0 Å². The summed E-state index contributed by atoms with van der Waals surface area (Å²) >= 11 is 12.0. The van der Waals surface area contributed by atoms with Crippen molar-refractivity contribution >= 4 is 57.4 Å². The molecule has 0 spiro atoms. The van der Waals surface area contributed by atoms with E-state index in [1.807, 2.05) is 0 Å². The Balaban J connectivity index is 1.65. The van der Waals surface area contributed by atoms with Gasteiger partial charge in [0, 0.05) is 40.1 Å². The number of fused-ring (bicyclic) bond motifs is 1. The van der Waals surface area contributed by atoms with Crippen LogP contribution in [-0.2, 0) is 11.2 Å². The number of carbonyl (C=O) groups is 2. The van der Waals surface area contributed by atoms with Crippen molar-refractivity contribution in [3.05, 3.63) is 98.6 Å². The number of anilines is 1. The molecule has 0 saturated carbocycles. The van der Waals surface area contributed by atoms with Crippen LogP contribution in [0.3, 0.4) is 0 Å². The van der Waals surface area contributed by atoms with Gasteiger partial charge in [0.1, 0.15) is 11.4 Å². The van der Waals surface area contributed by atoms with Crippen LogP contribution in [0.5, 0.6) is 0 Å². The van der Waals surface area contributed by atoms with Crippen LogP contribution in [0.25, 0.3) is 11.0 Å². The highest BCUT2D eigenvalue weighted by atomic mass is 35.5. The Kier molecular flexibility index (Phi) is 6.95. The molecule has 0 bridgehead atoms. The third kappa shape index (κ3) is 5.64. The van der Waals surface area contributed by atoms with Crippen molar-refractivity contribution in [2.24, 2.45) is 5.10 Å². The first-order chi connectivity index (χ1) is 16.4. The summed E-state index contributed by atoms with van der Waals surface area (Å²) in [6.07, 6.45) is 2.65. The average Bonchev–Trinajstić information content (AvgIpc) is 2.81. The summed E-state index contributed by atoms with van der Waals surface area (Å²) in [6, 6.07) is 14.5. The molecule has 4 aromatic rings. The molecular formula is C23H16Cl2N6O3. The van der Waals surface area contributed by atoms with Gasteiger partial charge < -0.3 is 10.3 Å². The van der Waals surface area contributed by atoms with E-state index in [1.165, 1.54) is 42.7 Å². The Bertz CT molecular complexity index is 1450. The Hall–Kier alpha value is -4.08. The summed E-state index contributed by atoms with van der Waals surface area (Å²) in [5.41, 5.74) is 3.45. The molecule has 34 heavy (non-hydrogen) atoms. The van der Waals surface area contributed by atoms with Gasteiger partial charge in [0.15, 0.2) is 0 Å². The van der Waals surface area contributed by atoms with Crippen molar-refractivity contribution in [2.75, 3.05) is 5.32 Å². The Labute approximate surface area is 202 Å². The zero-order chi connectivity index (χ0) is 24.1. The molecule has 0 aliphatic carbocycles. The molecule has 0 radical (unpaired) electrons. The molecule has 0 atom stereocenters. The zero-order valence-electron chi connectivity index (χ0n) is 17.4.